The van der Waals surface area contributed by atoms with Crippen molar-refractivity contribution in [3.63, 3.8) is 0 Å². The second kappa shape index (κ2) is 2.95. The molecule has 0 spiro atoms. The summed E-state index contributed by atoms with van der Waals surface area (Å²) < 4.78 is 0.909. The zero-order valence-electron chi connectivity index (χ0n) is 6.48. The van der Waals surface area contributed by atoms with Gasteiger partial charge in [-0.2, -0.15) is 5.26 Å². The minimum Gasteiger partial charge on any atom is -0.507 e. The molecule has 2 nitrogen and oxygen atoms in total. The highest BCUT2D eigenvalue weighted by molar-refractivity contribution is 7.80. The van der Waals surface area contributed by atoms with Gasteiger partial charge in [-0.1, -0.05) is 0 Å². The Bertz CT molecular complexity index is 510. The molecule has 0 unspecified atom stereocenters. The third-order valence-corrected chi connectivity index (χ3v) is 3.09. The van der Waals surface area contributed by atoms with Gasteiger partial charge >= 0.3 is 0 Å². The number of nitrogens with zero attached hydrogens (tertiary/aromatic N) is 1. The molecule has 0 fully saturated rings. The van der Waals surface area contributed by atoms with E-state index < -0.39 is 0 Å². The van der Waals surface area contributed by atoms with Crippen LogP contribution in [0.15, 0.2) is 22.4 Å². The molecule has 0 saturated heterocycles. The molecule has 0 radical (unpaired) electrons. The Labute approximate surface area is 84.5 Å². The van der Waals surface area contributed by atoms with Crippen LogP contribution < -0.4 is 0 Å². The van der Waals surface area contributed by atoms with Crippen LogP contribution in [-0.4, -0.2) is 5.11 Å². The second-order valence-electron chi connectivity index (χ2n) is 2.60. The van der Waals surface area contributed by atoms with Crippen molar-refractivity contribution >= 4 is 34.1 Å². The van der Waals surface area contributed by atoms with Crippen molar-refractivity contribution < 1.29 is 5.11 Å². The molecule has 1 aromatic carbocycles. The molecule has 1 N–H and O–H groups in total. The van der Waals surface area contributed by atoms with Crippen LogP contribution in [-0.2, 0) is 0 Å². The topological polar surface area (TPSA) is 44.0 Å². The Morgan fingerprint density at radius 2 is 2.23 bits per heavy atom. The number of aromatic hydroxyl groups is 1. The summed E-state index contributed by atoms with van der Waals surface area (Å²) >= 11 is 5.53. The number of phenols is 1. The molecule has 0 amide bonds. The fourth-order valence-electron chi connectivity index (χ4n) is 1.14. The van der Waals surface area contributed by atoms with Gasteiger partial charge in [-0.05, 0) is 12.1 Å². The van der Waals surface area contributed by atoms with Gasteiger partial charge in [0.2, 0.25) is 0 Å². The van der Waals surface area contributed by atoms with Gasteiger partial charge in [0.15, 0.2) is 0 Å². The molecule has 1 aromatic heterocycles. The van der Waals surface area contributed by atoms with Crippen LogP contribution >= 0.6 is 24.0 Å². The van der Waals surface area contributed by atoms with Crippen molar-refractivity contribution in [1.29, 1.82) is 5.26 Å². The van der Waals surface area contributed by atoms with Crippen LogP contribution in [0.4, 0.5) is 0 Å². The number of thiophene rings is 1. The number of benzene rings is 1. The fourth-order valence-corrected chi connectivity index (χ4v) is 2.23. The molecule has 13 heavy (non-hydrogen) atoms. The van der Waals surface area contributed by atoms with Gasteiger partial charge in [0.25, 0.3) is 0 Å². The molecule has 0 aliphatic heterocycles. The minimum atomic E-state index is 0.155. The van der Waals surface area contributed by atoms with Crippen molar-refractivity contribution in [2.45, 2.75) is 4.90 Å². The number of nitriles is 1. The number of rotatable bonds is 0. The molecule has 4 heteroatoms. The summed E-state index contributed by atoms with van der Waals surface area (Å²) in [7, 11) is 0. The van der Waals surface area contributed by atoms with Crippen molar-refractivity contribution in [3.05, 3.63) is 23.1 Å². The second-order valence-corrected chi connectivity index (χ2v) is 3.99. The number of hydrogen-bond donors (Lipinski definition) is 2. The number of thiol groups is 1. The fraction of sp³-hybridized carbons (Fsp3) is 0. The molecule has 2 aromatic rings. The van der Waals surface area contributed by atoms with Crippen LogP contribution in [0.3, 0.4) is 0 Å². The first kappa shape index (κ1) is 8.42. The summed E-state index contributed by atoms with van der Waals surface area (Å²) in [5.41, 5.74) is 0.635. The van der Waals surface area contributed by atoms with Gasteiger partial charge in [-0.15, -0.1) is 24.0 Å². The highest BCUT2D eigenvalue weighted by Gasteiger charge is 2.06. The van der Waals surface area contributed by atoms with Gasteiger partial charge in [0.1, 0.15) is 11.8 Å². The Morgan fingerprint density at radius 1 is 1.46 bits per heavy atom. The lowest BCUT2D eigenvalue weighted by atomic mass is 10.2. The number of hydrogen-bond acceptors (Lipinski definition) is 4. The zero-order chi connectivity index (χ0) is 9.42. The van der Waals surface area contributed by atoms with Gasteiger partial charge < -0.3 is 5.11 Å². The van der Waals surface area contributed by atoms with Crippen LogP contribution in [0, 0.1) is 11.3 Å². The van der Waals surface area contributed by atoms with Crippen LogP contribution in [0.5, 0.6) is 5.75 Å². The molecule has 0 aliphatic carbocycles. The van der Waals surface area contributed by atoms with E-state index in [2.05, 4.69) is 18.7 Å². The summed E-state index contributed by atoms with van der Waals surface area (Å²) in [6.45, 7) is 0. The first-order chi connectivity index (χ1) is 6.22. The SMILES string of the molecule is N#Cc1csc2cc(O)c(S)cc12. The van der Waals surface area contributed by atoms with E-state index in [9.17, 15) is 5.11 Å². The lowest BCUT2D eigenvalue weighted by Gasteiger charge is -1.96. The maximum Gasteiger partial charge on any atom is 0.130 e. The summed E-state index contributed by atoms with van der Waals surface area (Å²) in [6.07, 6.45) is 0. The van der Waals surface area contributed by atoms with E-state index in [1.54, 1.807) is 17.5 Å². The van der Waals surface area contributed by atoms with E-state index in [1.165, 1.54) is 11.3 Å². The standard InChI is InChI=1S/C9H5NOS2/c10-3-5-4-13-9-2-7(11)8(12)1-6(5)9/h1-2,4,11-12H. The Kier molecular flexibility index (Phi) is 1.91. The maximum atomic E-state index is 9.35. The molecular formula is C9H5NOS2. The zero-order valence-corrected chi connectivity index (χ0v) is 8.19. The summed E-state index contributed by atoms with van der Waals surface area (Å²) in [6, 6.07) is 5.43. The predicted octanol–water partition coefficient (Wildman–Crippen LogP) is 2.77. The highest BCUT2D eigenvalue weighted by Crippen LogP contribution is 2.33. The third-order valence-electron chi connectivity index (χ3n) is 1.79. The first-order valence-electron chi connectivity index (χ1n) is 3.55. The summed E-state index contributed by atoms with van der Waals surface area (Å²) in [5, 5.41) is 20.7. The molecule has 1 heterocycles. The monoisotopic (exact) mass is 207 g/mol. The average Bonchev–Trinajstić information content (AvgIpc) is 2.48. The van der Waals surface area contributed by atoms with E-state index in [4.69, 9.17) is 5.26 Å². The van der Waals surface area contributed by atoms with E-state index in [0.29, 0.717) is 10.5 Å². The molecular weight excluding hydrogens is 202 g/mol. The first-order valence-corrected chi connectivity index (χ1v) is 4.88. The smallest absolute Gasteiger partial charge is 0.130 e. The lowest BCUT2D eigenvalue weighted by Crippen LogP contribution is -1.72. The van der Waals surface area contributed by atoms with Crippen molar-refractivity contribution in [2.75, 3.05) is 0 Å². The van der Waals surface area contributed by atoms with Crippen LogP contribution in [0.2, 0.25) is 0 Å². The van der Waals surface area contributed by atoms with Crippen molar-refractivity contribution in [2.24, 2.45) is 0 Å². The molecule has 0 bridgehead atoms. The minimum absolute atomic E-state index is 0.155. The molecule has 0 atom stereocenters. The molecule has 2 rings (SSSR count). The van der Waals surface area contributed by atoms with Gasteiger partial charge in [0, 0.05) is 20.4 Å². The van der Waals surface area contributed by atoms with Gasteiger partial charge in [-0.25, -0.2) is 0 Å². The van der Waals surface area contributed by atoms with E-state index >= 15 is 0 Å². The maximum absolute atomic E-state index is 9.35. The van der Waals surface area contributed by atoms with E-state index in [1.807, 2.05) is 0 Å². The largest absolute Gasteiger partial charge is 0.507 e. The van der Waals surface area contributed by atoms with Crippen molar-refractivity contribution in [3.8, 4) is 11.8 Å². The van der Waals surface area contributed by atoms with Gasteiger partial charge in [-0.3, -0.25) is 0 Å². The van der Waals surface area contributed by atoms with Crippen LogP contribution in [0.1, 0.15) is 5.56 Å². The van der Waals surface area contributed by atoms with Gasteiger partial charge in [0.05, 0.1) is 5.56 Å². The van der Waals surface area contributed by atoms with E-state index in [-0.39, 0.29) is 5.75 Å². The average molecular weight is 207 g/mol. The summed E-state index contributed by atoms with van der Waals surface area (Å²) in [5.74, 6) is 0.155. The summed E-state index contributed by atoms with van der Waals surface area (Å²) in [4.78, 5) is 0.502. The Balaban J connectivity index is 2.86. The van der Waals surface area contributed by atoms with Crippen molar-refractivity contribution in [1.82, 2.24) is 0 Å². The quantitative estimate of drug-likeness (QED) is 0.652. The number of fused-ring (bicyclic) bond motifs is 1. The molecule has 0 saturated carbocycles. The van der Waals surface area contributed by atoms with E-state index in [0.717, 1.165) is 10.1 Å². The van der Waals surface area contributed by atoms with Crippen LogP contribution in [0.25, 0.3) is 10.1 Å². The third kappa shape index (κ3) is 1.26. The highest BCUT2D eigenvalue weighted by atomic mass is 32.1. The normalized spacial score (nSPS) is 10.2. The molecule has 64 valence electrons. The Morgan fingerprint density at radius 3 is 2.92 bits per heavy atom. The Hall–Kier alpha value is -1.18. The predicted molar refractivity (Wildman–Crippen MR) is 55.5 cm³/mol. The lowest BCUT2D eigenvalue weighted by molar-refractivity contribution is 0.464. The number of phenolic OH excluding ortho intramolecular Hbond substituents is 1. The molecule has 0 aliphatic rings.